The quantitative estimate of drug-likeness (QED) is 0.136. The van der Waals surface area contributed by atoms with Gasteiger partial charge < -0.3 is 19.3 Å². The van der Waals surface area contributed by atoms with Gasteiger partial charge in [-0.3, -0.25) is 0 Å². The maximum Gasteiger partial charge on any atom is 0.340 e. The summed E-state index contributed by atoms with van der Waals surface area (Å²) in [7, 11) is 2.68. The standard InChI is InChI=1S/C35H32N2O4.C3H8/c1-5-16-26(17-6-2)36(27-18-10-7-11-19-27)32-24-31(35(39)41-4)33(25-30(32)34(38)40-3)37(28-20-12-8-13-21-28)29-22-14-9-15-23-29;1-3-2/h5-25H,1H2,2-4H3;3H2,1-2H3/b17-6-,26-16+;. The molecule has 0 aromatic heterocycles. The molecule has 4 aromatic rings. The first-order valence-corrected chi connectivity index (χ1v) is 14.5. The van der Waals surface area contributed by atoms with Crippen LogP contribution in [-0.4, -0.2) is 26.2 Å². The Kier molecular flexibility index (Phi) is 12.8. The summed E-state index contributed by atoms with van der Waals surface area (Å²) in [5, 5.41) is 0. The van der Waals surface area contributed by atoms with Gasteiger partial charge in [-0.05, 0) is 67.6 Å². The fraction of sp³-hybridized carbons (Fsp3) is 0.158. The van der Waals surface area contributed by atoms with Crippen LogP contribution in [0.25, 0.3) is 0 Å². The molecule has 0 radical (unpaired) electrons. The summed E-state index contributed by atoms with van der Waals surface area (Å²) < 4.78 is 10.6. The van der Waals surface area contributed by atoms with E-state index in [2.05, 4.69) is 20.4 Å². The van der Waals surface area contributed by atoms with Gasteiger partial charge in [0, 0.05) is 22.8 Å². The second-order valence-corrected chi connectivity index (χ2v) is 9.58. The first-order chi connectivity index (χ1) is 21.4. The van der Waals surface area contributed by atoms with E-state index in [-0.39, 0.29) is 11.1 Å². The Hall–Kier alpha value is -5.36. The van der Waals surface area contributed by atoms with Crippen molar-refractivity contribution in [2.75, 3.05) is 24.0 Å². The van der Waals surface area contributed by atoms with Crippen molar-refractivity contribution >= 4 is 40.4 Å². The zero-order valence-electron chi connectivity index (χ0n) is 26.1. The number of hydrogen-bond acceptors (Lipinski definition) is 6. The number of carbonyl (C=O) groups excluding carboxylic acids is 2. The van der Waals surface area contributed by atoms with Crippen LogP contribution in [0.15, 0.2) is 140 Å². The van der Waals surface area contributed by atoms with E-state index in [1.165, 1.54) is 20.6 Å². The summed E-state index contributed by atoms with van der Waals surface area (Å²) in [4.78, 5) is 30.7. The molecule has 0 aliphatic rings. The molecule has 0 saturated heterocycles. The van der Waals surface area contributed by atoms with E-state index in [0.717, 1.165) is 22.8 Å². The molecule has 0 aliphatic heterocycles. The van der Waals surface area contributed by atoms with Crippen LogP contribution >= 0.6 is 0 Å². The van der Waals surface area contributed by atoms with Gasteiger partial charge in [0.05, 0.1) is 36.7 Å². The molecule has 0 aliphatic carbocycles. The predicted molar refractivity (Wildman–Crippen MR) is 181 cm³/mol. The molecule has 6 heteroatoms. The zero-order chi connectivity index (χ0) is 31.9. The van der Waals surface area contributed by atoms with E-state index < -0.39 is 11.9 Å². The molecule has 0 spiro atoms. The van der Waals surface area contributed by atoms with Crippen molar-refractivity contribution in [3.63, 3.8) is 0 Å². The number of esters is 2. The Morgan fingerprint density at radius 2 is 1.11 bits per heavy atom. The highest BCUT2D eigenvalue weighted by Crippen LogP contribution is 2.42. The first-order valence-electron chi connectivity index (χ1n) is 14.5. The second-order valence-electron chi connectivity index (χ2n) is 9.58. The summed E-state index contributed by atoms with van der Waals surface area (Å²) in [6.07, 6.45) is 8.55. The van der Waals surface area contributed by atoms with Crippen molar-refractivity contribution in [2.24, 2.45) is 0 Å². The summed E-state index contributed by atoms with van der Waals surface area (Å²) in [6.45, 7) is 10.0. The van der Waals surface area contributed by atoms with Crippen LogP contribution in [0.1, 0.15) is 47.9 Å². The van der Waals surface area contributed by atoms with Gasteiger partial charge in [-0.2, -0.15) is 0 Å². The zero-order valence-corrected chi connectivity index (χ0v) is 26.1. The lowest BCUT2D eigenvalue weighted by Gasteiger charge is -2.31. The summed E-state index contributed by atoms with van der Waals surface area (Å²) >= 11 is 0. The molecular weight excluding hydrogens is 548 g/mol. The van der Waals surface area contributed by atoms with Crippen LogP contribution in [0.4, 0.5) is 28.4 Å². The number of hydrogen-bond donors (Lipinski definition) is 0. The van der Waals surface area contributed by atoms with Gasteiger partial charge in [0.1, 0.15) is 0 Å². The SMILES string of the molecule is C=C/C=C(\C=C/C)N(c1ccccc1)c1cc(C(=O)OC)c(N(c2ccccc2)c2ccccc2)cc1C(=O)OC.CCC. The fourth-order valence-electron chi connectivity index (χ4n) is 4.58. The highest BCUT2D eigenvalue weighted by atomic mass is 16.5. The van der Waals surface area contributed by atoms with Crippen LogP contribution in [0.2, 0.25) is 0 Å². The molecule has 6 nitrogen and oxygen atoms in total. The number of methoxy groups -OCH3 is 2. The van der Waals surface area contributed by atoms with Crippen LogP contribution < -0.4 is 9.80 Å². The molecule has 0 amide bonds. The molecule has 4 aromatic carbocycles. The molecule has 0 N–H and O–H groups in total. The molecular formula is C38H40N2O4. The lowest BCUT2D eigenvalue weighted by atomic mass is 10.0. The van der Waals surface area contributed by atoms with Gasteiger partial charge in [0.2, 0.25) is 0 Å². The topological polar surface area (TPSA) is 59.1 Å². The van der Waals surface area contributed by atoms with E-state index in [4.69, 9.17) is 9.47 Å². The van der Waals surface area contributed by atoms with E-state index >= 15 is 0 Å². The first kappa shape index (κ1) is 33.1. The number of rotatable bonds is 10. The van der Waals surface area contributed by atoms with Crippen molar-refractivity contribution < 1.29 is 19.1 Å². The minimum Gasteiger partial charge on any atom is -0.465 e. The van der Waals surface area contributed by atoms with Gasteiger partial charge in [0.25, 0.3) is 0 Å². The Morgan fingerprint density at radius 3 is 1.52 bits per heavy atom. The van der Waals surface area contributed by atoms with Crippen LogP contribution in [-0.2, 0) is 9.47 Å². The van der Waals surface area contributed by atoms with Gasteiger partial charge in [0.15, 0.2) is 0 Å². The number of nitrogens with zero attached hydrogens (tertiary/aromatic N) is 2. The van der Waals surface area contributed by atoms with Crippen LogP contribution in [0.5, 0.6) is 0 Å². The average molecular weight is 589 g/mol. The van der Waals surface area contributed by atoms with Crippen molar-refractivity contribution in [2.45, 2.75) is 27.2 Å². The van der Waals surface area contributed by atoms with Crippen LogP contribution in [0, 0.1) is 0 Å². The molecule has 0 heterocycles. The maximum absolute atomic E-state index is 13.5. The van der Waals surface area contributed by atoms with Crippen molar-refractivity contribution in [1.29, 1.82) is 0 Å². The molecule has 226 valence electrons. The average Bonchev–Trinajstić information content (AvgIpc) is 3.06. The van der Waals surface area contributed by atoms with E-state index in [1.54, 1.807) is 18.2 Å². The number of anilines is 5. The van der Waals surface area contributed by atoms with Gasteiger partial charge in [-0.15, -0.1) is 0 Å². The molecule has 0 bridgehead atoms. The smallest absolute Gasteiger partial charge is 0.340 e. The fourth-order valence-corrected chi connectivity index (χ4v) is 4.58. The normalized spacial score (nSPS) is 10.8. The Morgan fingerprint density at radius 1 is 0.705 bits per heavy atom. The Labute approximate surface area is 261 Å². The summed E-state index contributed by atoms with van der Waals surface area (Å²) in [6, 6.07) is 32.2. The highest BCUT2D eigenvalue weighted by Gasteiger charge is 2.29. The number of allylic oxidation sites excluding steroid dienone is 4. The summed E-state index contributed by atoms with van der Waals surface area (Å²) in [5.74, 6) is -1.11. The van der Waals surface area contributed by atoms with E-state index in [0.29, 0.717) is 11.4 Å². The van der Waals surface area contributed by atoms with Gasteiger partial charge in [-0.1, -0.05) is 93.6 Å². The Bertz CT molecular complexity index is 1540. The van der Waals surface area contributed by atoms with Crippen molar-refractivity contribution in [3.05, 3.63) is 151 Å². The number of carbonyl (C=O) groups is 2. The number of benzene rings is 4. The Balaban J connectivity index is 0.00000169. The minimum atomic E-state index is -0.557. The van der Waals surface area contributed by atoms with Crippen molar-refractivity contribution in [3.8, 4) is 0 Å². The van der Waals surface area contributed by atoms with Gasteiger partial charge >= 0.3 is 11.9 Å². The van der Waals surface area contributed by atoms with E-state index in [9.17, 15) is 9.59 Å². The summed E-state index contributed by atoms with van der Waals surface area (Å²) in [5.41, 5.74) is 4.53. The monoisotopic (exact) mass is 588 g/mol. The third-order valence-corrected chi connectivity index (χ3v) is 6.33. The molecule has 44 heavy (non-hydrogen) atoms. The molecule has 0 saturated carbocycles. The lowest BCUT2D eigenvalue weighted by Crippen LogP contribution is -2.22. The molecule has 0 unspecified atom stereocenters. The van der Waals surface area contributed by atoms with E-state index in [1.807, 2.05) is 126 Å². The molecule has 4 rings (SSSR count). The number of ether oxygens (including phenoxy) is 2. The molecule has 0 atom stereocenters. The number of para-hydroxylation sites is 3. The van der Waals surface area contributed by atoms with Gasteiger partial charge in [-0.25, -0.2) is 9.59 Å². The highest BCUT2D eigenvalue weighted by molar-refractivity contribution is 6.06. The third kappa shape index (κ3) is 7.92. The van der Waals surface area contributed by atoms with Crippen LogP contribution in [0.3, 0.4) is 0 Å². The third-order valence-electron chi connectivity index (χ3n) is 6.33. The minimum absolute atomic E-state index is 0.260. The lowest BCUT2D eigenvalue weighted by molar-refractivity contribution is 0.0588. The predicted octanol–water partition coefficient (Wildman–Crippen LogP) is 9.93. The second kappa shape index (κ2) is 16.9. The molecule has 0 fully saturated rings. The largest absolute Gasteiger partial charge is 0.465 e. The maximum atomic E-state index is 13.5. The van der Waals surface area contributed by atoms with Crippen molar-refractivity contribution in [1.82, 2.24) is 0 Å².